The average molecular weight is 495 g/mol. The van der Waals surface area contributed by atoms with Crippen LogP contribution in [0.1, 0.15) is 53.4 Å². The molecule has 0 saturated heterocycles. The van der Waals surface area contributed by atoms with Crippen LogP contribution in [-0.4, -0.2) is 27.5 Å². The van der Waals surface area contributed by atoms with E-state index in [-0.39, 0.29) is 28.3 Å². The molecule has 0 bridgehead atoms. The van der Waals surface area contributed by atoms with Gasteiger partial charge in [0.1, 0.15) is 12.4 Å². The minimum absolute atomic E-state index is 0.0697. The van der Waals surface area contributed by atoms with Gasteiger partial charge in [0.05, 0.1) is 17.1 Å². The summed E-state index contributed by atoms with van der Waals surface area (Å²) < 4.78 is 34.5. The lowest BCUT2D eigenvalue weighted by Crippen LogP contribution is -2.28. The second-order valence-electron chi connectivity index (χ2n) is 9.78. The van der Waals surface area contributed by atoms with Gasteiger partial charge in [-0.1, -0.05) is 56.7 Å². The van der Waals surface area contributed by atoms with Crippen molar-refractivity contribution in [1.29, 1.82) is 0 Å². The predicted octanol–water partition coefficient (Wildman–Crippen LogP) is 5.52. The number of benzene rings is 3. The summed E-state index contributed by atoms with van der Waals surface area (Å²) in [5.74, 6) is 0.369. The molecule has 3 rings (SSSR count). The second kappa shape index (κ2) is 10.5. The maximum Gasteiger partial charge on any atom is 0.262 e. The van der Waals surface area contributed by atoms with Gasteiger partial charge in [0.15, 0.2) is 0 Å². The fraction of sp³-hybridized carbons (Fsp3) is 0.321. The van der Waals surface area contributed by atoms with Gasteiger partial charge < -0.3 is 10.1 Å². The predicted molar refractivity (Wildman–Crippen MR) is 141 cm³/mol. The molecule has 0 fully saturated rings. The Hall–Kier alpha value is -3.32. The molecule has 0 radical (unpaired) electrons. The van der Waals surface area contributed by atoms with E-state index in [1.807, 2.05) is 50.2 Å². The molecule has 0 aliphatic rings. The third-order valence-electron chi connectivity index (χ3n) is 5.74. The lowest BCUT2D eigenvalue weighted by atomic mass is 9.87. The van der Waals surface area contributed by atoms with Gasteiger partial charge in [-0.15, -0.1) is 0 Å². The van der Waals surface area contributed by atoms with Crippen molar-refractivity contribution in [2.24, 2.45) is 0 Å². The first-order valence-electron chi connectivity index (χ1n) is 11.6. The highest BCUT2D eigenvalue weighted by molar-refractivity contribution is 7.92. The van der Waals surface area contributed by atoms with Crippen LogP contribution in [0.3, 0.4) is 0 Å². The van der Waals surface area contributed by atoms with Crippen molar-refractivity contribution in [2.45, 2.75) is 51.9 Å². The Morgan fingerprint density at radius 1 is 0.886 bits per heavy atom. The first kappa shape index (κ1) is 26.3. The maximum absolute atomic E-state index is 13.1. The number of rotatable bonds is 8. The first-order valence-corrected chi connectivity index (χ1v) is 13.1. The molecule has 7 heteroatoms. The van der Waals surface area contributed by atoms with Crippen molar-refractivity contribution >= 4 is 21.6 Å². The summed E-state index contributed by atoms with van der Waals surface area (Å²) >= 11 is 0. The number of carbonyl (C=O) groups excluding carboxylic acids is 1. The summed E-state index contributed by atoms with van der Waals surface area (Å²) in [6.07, 6.45) is 0. The van der Waals surface area contributed by atoms with Crippen LogP contribution >= 0.6 is 0 Å². The highest BCUT2D eigenvalue weighted by Gasteiger charge is 2.20. The Balaban J connectivity index is 1.62. The van der Waals surface area contributed by atoms with Gasteiger partial charge >= 0.3 is 0 Å². The van der Waals surface area contributed by atoms with E-state index in [1.54, 1.807) is 25.1 Å². The molecule has 0 aliphatic heterocycles. The van der Waals surface area contributed by atoms with Crippen molar-refractivity contribution in [3.63, 3.8) is 0 Å². The molecule has 6 nitrogen and oxygen atoms in total. The summed E-state index contributed by atoms with van der Waals surface area (Å²) in [5, 5.41) is 2.79. The van der Waals surface area contributed by atoms with Crippen molar-refractivity contribution in [3.05, 3.63) is 88.5 Å². The van der Waals surface area contributed by atoms with E-state index in [2.05, 4.69) is 30.8 Å². The highest BCUT2D eigenvalue weighted by atomic mass is 32.2. The van der Waals surface area contributed by atoms with Crippen molar-refractivity contribution < 1.29 is 17.9 Å². The van der Waals surface area contributed by atoms with E-state index >= 15 is 0 Å². The smallest absolute Gasteiger partial charge is 0.262 e. The molecule has 0 atom stereocenters. The lowest BCUT2D eigenvalue weighted by molar-refractivity contribution is 0.0946. The monoisotopic (exact) mass is 494 g/mol. The molecule has 3 aromatic rings. The first-order chi connectivity index (χ1) is 16.4. The largest absolute Gasteiger partial charge is 0.492 e. The number of sulfonamides is 1. The fourth-order valence-electron chi connectivity index (χ4n) is 3.65. The molecular weight excluding hydrogens is 460 g/mol. The van der Waals surface area contributed by atoms with Crippen molar-refractivity contribution in [2.75, 3.05) is 17.9 Å². The second-order valence-corrected chi connectivity index (χ2v) is 11.4. The minimum Gasteiger partial charge on any atom is -0.492 e. The molecule has 0 unspecified atom stereocenters. The fourth-order valence-corrected chi connectivity index (χ4v) is 5.05. The van der Waals surface area contributed by atoms with E-state index in [1.165, 1.54) is 11.6 Å². The summed E-state index contributed by atoms with van der Waals surface area (Å²) in [6, 6.07) is 18.1. The maximum atomic E-state index is 13.1. The van der Waals surface area contributed by atoms with E-state index < -0.39 is 10.0 Å². The molecule has 0 spiro atoms. The number of hydrogen-bond donors (Lipinski definition) is 2. The van der Waals surface area contributed by atoms with Crippen LogP contribution in [0.4, 0.5) is 5.69 Å². The van der Waals surface area contributed by atoms with Gasteiger partial charge in [-0.25, -0.2) is 8.42 Å². The third-order valence-corrected chi connectivity index (χ3v) is 7.25. The third kappa shape index (κ3) is 6.85. The summed E-state index contributed by atoms with van der Waals surface area (Å²) in [6.45, 7) is 12.5. The molecule has 186 valence electrons. The zero-order valence-corrected chi connectivity index (χ0v) is 22.0. The Morgan fingerprint density at radius 3 is 2.20 bits per heavy atom. The number of ether oxygens (including phenoxy) is 1. The summed E-state index contributed by atoms with van der Waals surface area (Å²) in [4.78, 5) is 12.7. The zero-order valence-electron chi connectivity index (χ0n) is 21.2. The van der Waals surface area contributed by atoms with Crippen LogP contribution in [0, 0.1) is 20.8 Å². The van der Waals surface area contributed by atoms with Crippen molar-refractivity contribution in [3.8, 4) is 5.75 Å². The molecule has 3 aromatic carbocycles. The van der Waals surface area contributed by atoms with Gasteiger partial charge in [0.25, 0.3) is 15.9 Å². The van der Waals surface area contributed by atoms with Crippen LogP contribution in [0.2, 0.25) is 0 Å². The number of anilines is 1. The molecule has 35 heavy (non-hydrogen) atoms. The summed E-state index contributed by atoms with van der Waals surface area (Å²) in [7, 11) is -3.87. The molecule has 1 amide bonds. The average Bonchev–Trinajstić information content (AvgIpc) is 2.78. The van der Waals surface area contributed by atoms with Gasteiger partial charge in [0.2, 0.25) is 0 Å². The topological polar surface area (TPSA) is 84.5 Å². The molecule has 2 N–H and O–H groups in total. The van der Waals surface area contributed by atoms with Gasteiger partial charge in [0, 0.05) is 5.56 Å². The Kier molecular flexibility index (Phi) is 7.90. The van der Waals surface area contributed by atoms with Crippen LogP contribution in [0.5, 0.6) is 5.75 Å². The van der Waals surface area contributed by atoms with Gasteiger partial charge in [-0.3, -0.25) is 9.52 Å². The number of hydrogen-bond acceptors (Lipinski definition) is 4. The number of aryl methyl sites for hydroxylation is 3. The normalized spacial score (nSPS) is 11.7. The van der Waals surface area contributed by atoms with E-state index in [9.17, 15) is 13.2 Å². The molecule has 0 heterocycles. The van der Waals surface area contributed by atoms with Crippen LogP contribution in [0.25, 0.3) is 0 Å². The lowest BCUT2D eigenvalue weighted by Gasteiger charge is -2.19. The summed E-state index contributed by atoms with van der Waals surface area (Å²) in [5.41, 5.74) is 4.50. The van der Waals surface area contributed by atoms with Gasteiger partial charge in [-0.2, -0.15) is 0 Å². The molecule has 0 aromatic heterocycles. The number of amides is 1. The minimum atomic E-state index is -3.87. The number of nitrogens with one attached hydrogen (secondary N) is 2. The van der Waals surface area contributed by atoms with Crippen LogP contribution in [0.15, 0.2) is 65.6 Å². The standard InChI is InChI=1S/C28H34N2O4S/c1-19-7-14-25(21(3)17-19)30-35(32,33)26-18-22(9-8-20(26)2)27(31)29-15-16-34-24-12-10-23(11-13-24)28(4,5)6/h7-14,17-18,30H,15-16H2,1-6H3,(H,29,31). The molecular formula is C28H34N2O4S. The van der Waals surface area contributed by atoms with E-state index in [4.69, 9.17) is 4.74 Å². The van der Waals surface area contributed by atoms with Crippen LogP contribution in [-0.2, 0) is 15.4 Å². The van der Waals surface area contributed by atoms with Gasteiger partial charge in [-0.05, 0) is 73.2 Å². The SMILES string of the molecule is Cc1ccc(NS(=O)(=O)c2cc(C(=O)NCCOc3ccc(C(C)(C)C)cc3)ccc2C)c(C)c1. The Bertz CT molecular complexity index is 1310. The molecule has 0 saturated carbocycles. The van der Waals surface area contributed by atoms with Crippen LogP contribution < -0.4 is 14.8 Å². The van der Waals surface area contributed by atoms with E-state index in [0.717, 1.165) is 16.9 Å². The zero-order chi connectivity index (χ0) is 25.8. The quantitative estimate of drug-likeness (QED) is 0.404. The molecule has 0 aliphatic carbocycles. The number of carbonyl (C=O) groups is 1. The highest BCUT2D eigenvalue weighted by Crippen LogP contribution is 2.25. The Labute approximate surface area is 208 Å². The van der Waals surface area contributed by atoms with Crippen molar-refractivity contribution in [1.82, 2.24) is 5.32 Å². The Morgan fingerprint density at radius 2 is 1.57 bits per heavy atom. The van der Waals surface area contributed by atoms with E-state index in [0.29, 0.717) is 17.9 Å².